The Bertz CT molecular complexity index is 916. The number of urea groups is 1. The highest BCUT2D eigenvalue weighted by atomic mass is 32.2. The molecule has 1 aromatic heterocycles. The van der Waals surface area contributed by atoms with Crippen LogP contribution < -0.4 is 5.32 Å². The molecule has 1 aliphatic rings. The van der Waals surface area contributed by atoms with E-state index in [1.807, 2.05) is 19.9 Å². The Morgan fingerprint density at radius 2 is 1.86 bits per heavy atom. The summed E-state index contributed by atoms with van der Waals surface area (Å²) in [5, 5.41) is 6.88. The van der Waals surface area contributed by atoms with E-state index in [0.717, 1.165) is 30.1 Å². The Labute approximate surface area is 165 Å². The van der Waals surface area contributed by atoms with E-state index in [1.165, 1.54) is 6.26 Å². The first-order valence-corrected chi connectivity index (χ1v) is 11.1. The highest BCUT2D eigenvalue weighted by molar-refractivity contribution is 7.90. The van der Waals surface area contributed by atoms with Crippen molar-refractivity contribution >= 4 is 15.9 Å². The summed E-state index contributed by atoms with van der Waals surface area (Å²) in [6.07, 6.45) is 1.18. The minimum atomic E-state index is -3.22. The van der Waals surface area contributed by atoms with Gasteiger partial charge in [-0.3, -0.25) is 4.90 Å². The Hall–Kier alpha value is -2.39. The summed E-state index contributed by atoms with van der Waals surface area (Å²) < 4.78 is 28.4. The van der Waals surface area contributed by atoms with Gasteiger partial charge in [-0.2, -0.15) is 0 Å². The molecular formula is C19H26N4O4S. The van der Waals surface area contributed by atoms with Crippen LogP contribution in [0, 0.1) is 6.92 Å². The molecule has 0 spiro atoms. The first kappa shape index (κ1) is 20.3. The Morgan fingerprint density at radius 1 is 1.21 bits per heavy atom. The van der Waals surface area contributed by atoms with Crippen molar-refractivity contribution in [3.63, 3.8) is 0 Å². The van der Waals surface area contributed by atoms with Gasteiger partial charge in [-0.05, 0) is 31.5 Å². The number of sulfone groups is 1. The lowest BCUT2D eigenvalue weighted by atomic mass is 10.1. The van der Waals surface area contributed by atoms with Crippen LogP contribution in [0.15, 0.2) is 39.8 Å². The molecule has 0 bridgehead atoms. The quantitative estimate of drug-likeness (QED) is 0.816. The second kappa shape index (κ2) is 8.32. The number of carbonyl (C=O) groups excluding carboxylic acids is 1. The van der Waals surface area contributed by atoms with Crippen molar-refractivity contribution in [1.29, 1.82) is 0 Å². The topological polar surface area (TPSA) is 95.8 Å². The number of amides is 2. The number of carbonyl (C=O) groups is 1. The van der Waals surface area contributed by atoms with E-state index in [4.69, 9.17) is 4.52 Å². The van der Waals surface area contributed by atoms with Crippen LogP contribution in [0.4, 0.5) is 4.79 Å². The highest BCUT2D eigenvalue weighted by Gasteiger charge is 2.23. The van der Waals surface area contributed by atoms with Gasteiger partial charge >= 0.3 is 6.03 Å². The summed E-state index contributed by atoms with van der Waals surface area (Å²) in [6.45, 7) is 7.28. The third-order valence-electron chi connectivity index (χ3n) is 4.86. The number of hydrogen-bond acceptors (Lipinski definition) is 6. The third kappa shape index (κ3) is 5.11. The van der Waals surface area contributed by atoms with Gasteiger partial charge in [0.2, 0.25) is 0 Å². The molecular weight excluding hydrogens is 380 g/mol. The molecule has 1 aromatic carbocycles. The molecule has 0 saturated carbocycles. The maximum absolute atomic E-state index is 12.5. The van der Waals surface area contributed by atoms with Crippen LogP contribution in [0.1, 0.15) is 30.0 Å². The van der Waals surface area contributed by atoms with Gasteiger partial charge < -0.3 is 14.7 Å². The first-order chi connectivity index (χ1) is 13.2. The van der Waals surface area contributed by atoms with E-state index >= 15 is 0 Å². The number of nitrogens with one attached hydrogen (secondary N) is 1. The number of aromatic nitrogens is 1. The SMILES string of the molecule is Cc1cc(CN2CCN(C(=O)NC(C)c3ccc(S(C)(=O)=O)cc3)CC2)on1. The van der Waals surface area contributed by atoms with Crippen LogP contribution in [-0.2, 0) is 16.4 Å². The van der Waals surface area contributed by atoms with Gasteiger partial charge in [0, 0.05) is 38.5 Å². The number of aryl methyl sites for hydroxylation is 1. The summed E-state index contributed by atoms with van der Waals surface area (Å²) in [5.74, 6) is 0.835. The highest BCUT2D eigenvalue weighted by Crippen LogP contribution is 2.17. The summed E-state index contributed by atoms with van der Waals surface area (Å²) in [6, 6.07) is 8.20. The molecule has 2 amide bonds. The Kier molecular flexibility index (Phi) is 6.04. The molecule has 1 N–H and O–H groups in total. The van der Waals surface area contributed by atoms with Crippen molar-refractivity contribution < 1.29 is 17.7 Å². The molecule has 1 aliphatic heterocycles. The van der Waals surface area contributed by atoms with Crippen molar-refractivity contribution in [2.45, 2.75) is 31.3 Å². The van der Waals surface area contributed by atoms with Crippen LogP contribution in [0.25, 0.3) is 0 Å². The third-order valence-corrected chi connectivity index (χ3v) is 5.99. The second-order valence-electron chi connectivity index (χ2n) is 7.21. The van der Waals surface area contributed by atoms with Gasteiger partial charge in [0.1, 0.15) is 0 Å². The maximum Gasteiger partial charge on any atom is 0.317 e. The maximum atomic E-state index is 12.5. The van der Waals surface area contributed by atoms with Gasteiger partial charge in [0.15, 0.2) is 15.6 Å². The van der Waals surface area contributed by atoms with Crippen LogP contribution in [0.2, 0.25) is 0 Å². The fourth-order valence-electron chi connectivity index (χ4n) is 3.18. The molecule has 2 heterocycles. The summed E-state index contributed by atoms with van der Waals surface area (Å²) >= 11 is 0. The van der Waals surface area contributed by atoms with Gasteiger partial charge in [-0.15, -0.1) is 0 Å². The van der Waals surface area contributed by atoms with E-state index in [0.29, 0.717) is 19.6 Å². The molecule has 3 rings (SSSR count). The molecule has 1 unspecified atom stereocenters. The molecule has 1 atom stereocenters. The molecule has 2 aromatic rings. The smallest absolute Gasteiger partial charge is 0.317 e. The van der Waals surface area contributed by atoms with Crippen molar-refractivity contribution in [3.05, 3.63) is 47.3 Å². The summed E-state index contributed by atoms with van der Waals surface area (Å²) in [7, 11) is -3.22. The van der Waals surface area contributed by atoms with Gasteiger partial charge in [-0.1, -0.05) is 17.3 Å². The van der Waals surface area contributed by atoms with Crippen molar-refractivity contribution in [1.82, 2.24) is 20.3 Å². The monoisotopic (exact) mass is 406 g/mol. The van der Waals surface area contributed by atoms with Gasteiger partial charge in [-0.25, -0.2) is 13.2 Å². The fraction of sp³-hybridized carbons (Fsp3) is 0.474. The van der Waals surface area contributed by atoms with Crippen LogP contribution in [0.3, 0.4) is 0 Å². The lowest BCUT2D eigenvalue weighted by molar-refractivity contribution is 0.126. The number of benzene rings is 1. The standard InChI is InChI=1S/C19H26N4O4S/c1-14-12-17(27-21-14)13-22-8-10-23(11-9-22)19(24)20-15(2)16-4-6-18(7-5-16)28(3,25)26/h4-7,12,15H,8-11,13H2,1-3H3,(H,20,24). The van der Waals surface area contributed by atoms with Gasteiger partial charge in [0.25, 0.3) is 0 Å². The lowest BCUT2D eigenvalue weighted by Crippen LogP contribution is -2.51. The predicted octanol–water partition coefficient (Wildman–Crippen LogP) is 1.97. The second-order valence-corrected chi connectivity index (χ2v) is 9.23. The fourth-order valence-corrected chi connectivity index (χ4v) is 3.81. The summed E-state index contributed by atoms with van der Waals surface area (Å²) in [5.41, 5.74) is 1.73. The van der Waals surface area contributed by atoms with Crippen LogP contribution in [0.5, 0.6) is 0 Å². The van der Waals surface area contributed by atoms with Crippen molar-refractivity contribution in [2.24, 2.45) is 0 Å². The minimum Gasteiger partial charge on any atom is -0.360 e. The Morgan fingerprint density at radius 3 is 2.39 bits per heavy atom. The summed E-state index contributed by atoms with van der Waals surface area (Å²) in [4.78, 5) is 16.8. The van der Waals surface area contributed by atoms with E-state index in [2.05, 4.69) is 15.4 Å². The zero-order valence-corrected chi connectivity index (χ0v) is 17.2. The van der Waals surface area contributed by atoms with Crippen molar-refractivity contribution in [3.8, 4) is 0 Å². The van der Waals surface area contributed by atoms with E-state index in [-0.39, 0.29) is 17.0 Å². The van der Waals surface area contributed by atoms with Crippen molar-refractivity contribution in [2.75, 3.05) is 32.4 Å². The molecule has 9 heteroatoms. The average molecular weight is 407 g/mol. The number of nitrogens with zero attached hydrogens (tertiary/aromatic N) is 3. The van der Waals surface area contributed by atoms with Crippen LogP contribution in [-0.4, -0.2) is 61.8 Å². The molecule has 28 heavy (non-hydrogen) atoms. The van der Waals surface area contributed by atoms with E-state index < -0.39 is 9.84 Å². The number of hydrogen-bond donors (Lipinski definition) is 1. The molecule has 0 radical (unpaired) electrons. The minimum absolute atomic E-state index is 0.116. The number of piperazine rings is 1. The van der Waals surface area contributed by atoms with Gasteiger partial charge in [0.05, 0.1) is 23.2 Å². The average Bonchev–Trinajstić information content (AvgIpc) is 3.06. The zero-order valence-electron chi connectivity index (χ0n) is 16.4. The largest absolute Gasteiger partial charge is 0.360 e. The normalized spacial score (nSPS) is 16.8. The lowest BCUT2D eigenvalue weighted by Gasteiger charge is -2.34. The number of rotatable bonds is 5. The molecule has 8 nitrogen and oxygen atoms in total. The Balaban J connectivity index is 1.49. The van der Waals surface area contributed by atoms with E-state index in [9.17, 15) is 13.2 Å². The first-order valence-electron chi connectivity index (χ1n) is 9.22. The van der Waals surface area contributed by atoms with E-state index in [1.54, 1.807) is 29.2 Å². The molecule has 1 fully saturated rings. The molecule has 0 aliphatic carbocycles. The molecule has 152 valence electrons. The molecule has 1 saturated heterocycles. The zero-order chi connectivity index (χ0) is 20.3. The predicted molar refractivity (Wildman–Crippen MR) is 105 cm³/mol. The van der Waals surface area contributed by atoms with Crippen LogP contribution >= 0.6 is 0 Å².